The van der Waals surface area contributed by atoms with Crippen molar-refractivity contribution in [2.45, 2.75) is 30.8 Å². The number of halogens is 1. The van der Waals surface area contributed by atoms with Crippen LogP contribution >= 0.6 is 11.8 Å². The number of carbonyl (C=O) groups excluding carboxylic acids is 2. The van der Waals surface area contributed by atoms with Crippen LogP contribution in [0.25, 0.3) is 6.08 Å². The van der Waals surface area contributed by atoms with E-state index in [0.717, 1.165) is 48.6 Å². The second-order valence-electron chi connectivity index (χ2n) is 10.6. The summed E-state index contributed by atoms with van der Waals surface area (Å²) in [4.78, 5) is 31.9. The number of anilines is 1. The zero-order valence-corrected chi connectivity index (χ0v) is 24.1. The topological polar surface area (TPSA) is 52.7 Å². The van der Waals surface area contributed by atoms with Crippen LogP contribution < -0.4 is 10.2 Å². The van der Waals surface area contributed by atoms with Gasteiger partial charge in [-0.2, -0.15) is 0 Å². The second-order valence-corrected chi connectivity index (χ2v) is 11.7. The molecule has 0 aliphatic carbocycles. The zero-order chi connectivity index (χ0) is 28.9. The Bertz CT molecular complexity index is 1640. The summed E-state index contributed by atoms with van der Waals surface area (Å²) in [5, 5.41) is 3.03. The van der Waals surface area contributed by atoms with E-state index in [-0.39, 0.29) is 24.2 Å². The number of rotatable bonds is 8. The molecule has 5 nitrogen and oxygen atoms in total. The SMILES string of the molecule is O=C(NCCCN1CCc2ccccc2C1)c1ccc(/C=C2/Sc3ccccc3N(Cc3ccccc3F)C2=O)cc1. The Morgan fingerprint density at radius 2 is 1.64 bits per heavy atom. The molecule has 2 amide bonds. The summed E-state index contributed by atoms with van der Waals surface area (Å²) < 4.78 is 14.4. The summed E-state index contributed by atoms with van der Waals surface area (Å²) in [5.41, 5.74) is 5.47. The molecule has 0 saturated heterocycles. The Morgan fingerprint density at radius 3 is 2.48 bits per heavy atom. The minimum Gasteiger partial charge on any atom is -0.352 e. The highest BCUT2D eigenvalue weighted by Crippen LogP contribution is 2.42. The van der Waals surface area contributed by atoms with Crippen molar-refractivity contribution in [3.8, 4) is 0 Å². The molecule has 2 aliphatic heterocycles. The van der Waals surface area contributed by atoms with Crippen LogP contribution in [0.2, 0.25) is 0 Å². The average Bonchev–Trinajstić information content (AvgIpc) is 3.02. The maximum Gasteiger partial charge on any atom is 0.265 e. The average molecular weight is 578 g/mol. The summed E-state index contributed by atoms with van der Waals surface area (Å²) >= 11 is 1.40. The van der Waals surface area contributed by atoms with Gasteiger partial charge in [0, 0.05) is 42.2 Å². The molecule has 2 aliphatic rings. The van der Waals surface area contributed by atoms with E-state index in [0.29, 0.717) is 22.6 Å². The Labute approximate surface area is 250 Å². The Kier molecular flexibility index (Phi) is 8.49. The van der Waals surface area contributed by atoms with Crippen molar-refractivity contribution >= 4 is 35.3 Å². The lowest BCUT2D eigenvalue weighted by Gasteiger charge is -2.30. The number of hydrogen-bond acceptors (Lipinski definition) is 4. The number of carbonyl (C=O) groups is 2. The Balaban J connectivity index is 1.07. The molecule has 1 N–H and O–H groups in total. The number of fused-ring (bicyclic) bond motifs is 2. The van der Waals surface area contributed by atoms with E-state index in [2.05, 4.69) is 34.5 Å². The van der Waals surface area contributed by atoms with Crippen LogP contribution in [0.4, 0.5) is 10.1 Å². The van der Waals surface area contributed by atoms with Gasteiger partial charge in [0.1, 0.15) is 5.82 Å². The van der Waals surface area contributed by atoms with Crippen molar-refractivity contribution in [2.24, 2.45) is 0 Å². The standard InChI is InChI=1S/C35H32FN3O2S/c36-30-11-4-3-10-29(30)24-39-31-12-5-6-13-32(31)42-33(35(39)41)22-25-14-16-27(17-15-25)34(40)37-19-7-20-38-21-18-26-8-1-2-9-28(26)23-38/h1-6,8-17,22H,7,18-21,23-24H2,(H,37,40)/b33-22+. The van der Waals surface area contributed by atoms with Gasteiger partial charge in [-0.15, -0.1) is 0 Å². The lowest BCUT2D eigenvalue weighted by atomic mass is 10.00. The minimum atomic E-state index is -0.335. The van der Waals surface area contributed by atoms with Crippen LogP contribution in [0.1, 0.15) is 39.0 Å². The molecule has 7 heteroatoms. The summed E-state index contributed by atoms with van der Waals surface area (Å²) in [6.45, 7) is 3.73. The third-order valence-corrected chi connectivity index (χ3v) is 8.81. The van der Waals surface area contributed by atoms with Crippen LogP contribution in [-0.4, -0.2) is 36.3 Å². The van der Waals surface area contributed by atoms with Gasteiger partial charge in [0.15, 0.2) is 0 Å². The normalized spacial score (nSPS) is 15.8. The number of para-hydroxylation sites is 1. The minimum absolute atomic E-state index is 0.105. The van der Waals surface area contributed by atoms with Gasteiger partial charge in [-0.3, -0.25) is 14.5 Å². The molecule has 212 valence electrons. The molecule has 0 fully saturated rings. The summed E-state index contributed by atoms with van der Waals surface area (Å²) in [6.07, 6.45) is 3.79. The van der Waals surface area contributed by atoms with Crippen LogP contribution in [0.15, 0.2) is 107 Å². The van der Waals surface area contributed by atoms with Gasteiger partial charge in [-0.1, -0.05) is 78.5 Å². The number of benzene rings is 4. The molecule has 0 aromatic heterocycles. The summed E-state index contributed by atoms with van der Waals surface area (Å²) in [7, 11) is 0. The molecule has 4 aromatic rings. The van der Waals surface area contributed by atoms with Crippen molar-refractivity contribution in [2.75, 3.05) is 24.5 Å². The van der Waals surface area contributed by atoms with E-state index >= 15 is 0 Å². The molecule has 0 saturated carbocycles. The first-order valence-corrected chi connectivity index (χ1v) is 15.1. The highest BCUT2D eigenvalue weighted by atomic mass is 32.2. The first-order valence-electron chi connectivity index (χ1n) is 14.3. The lowest BCUT2D eigenvalue weighted by molar-refractivity contribution is -0.114. The van der Waals surface area contributed by atoms with Crippen LogP contribution in [0.3, 0.4) is 0 Å². The maximum absolute atomic E-state index is 14.4. The van der Waals surface area contributed by atoms with Gasteiger partial charge < -0.3 is 10.2 Å². The van der Waals surface area contributed by atoms with E-state index in [1.807, 2.05) is 42.5 Å². The van der Waals surface area contributed by atoms with Crippen LogP contribution in [0, 0.1) is 5.82 Å². The molecule has 0 atom stereocenters. The molecule has 0 radical (unpaired) electrons. The molecular weight excluding hydrogens is 545 g/mol. The van der Waals surface area contributed by atoms with E-state index in [1.165, 1.54) is 29.0 Å². The van der Waals surface area contributed by atoms with Gasteiger partial charge in [0.25, 0.3) is 11.8 Å². The fourth-order valence-corrected chi connectivity index (χ4v) is 6.51. The smallest absolute Gasteiger partial charge is 0.265 e. The summed E-state index contributed by atoms with van der Waals surface area (Å²) in [6, 6.07) is 30.1. The quantitative estimate of drug-likeness (QED) is 0.187. The molecule has 42 heavy (non-hydrogen) atoms. The molecule has 4 aromatic carbocycles. The Hall–Kier alpha value is -4.20. The predicted molar refractivity (Wildman–Crippen MR) is 167 cm³/mol. The van der Waals surface area contributed by atoms with E-state index in [1.54, 1.807) is 35.2 Å². The largest absolute Gasteiger partial charge is 0.352 e. The van der Waals surface area contributed by atoms with Crippen LogP contribution in [-0.2, 0) is 24.3 Å². The van der Waals surface area contributed by atoms with Crippen molar-refractivity contribution < 1.29 is 14.0 Å². The van der Waals surface area contributed by atoms with Gasteiger partial charge in [-0.05, 0) is 65.9 Å². The fraction of sp³-hybridized carbons (Fsp3) is 0.200. The van der Waals surface area contributed by atoms with E-state index < -0.39 is 0 Å². The van der Waals surface area contributed by atoms with Crippen molar-refractivity contribution in [1.29, 1.82) is 0 Å². The molecular formula is C35H32FN3O2S. The van der Waals surface area contributed by atoms with Crippen molar-refractivity contribution in [1.82, 2.24) is 10.2 Å². The fourth-order valence-electron chi connectivity index (χ4n) is 5.45. The predicted octanol–water partition coefficient (Wildman–Crippen LogP) is 6.68. The van der Waals surface area contributed by atoms with Gasteiger partial charge >= 0.3 is 0 Å². The monoisotopic (exact) mass is 577 g/mol. The Morgan fingerprint density at radius 1 is 0.905 bits per heavy atom. The number of hydrogen-bond donors (Lipinski definition) is 1. The zero-order valence-electron chi connectivity index (χ0n) is 23.3. The van der Waals surface area contributed by atoms with E-state index in [9.17, 15) is 14.0 Å². The molecule has 6 rings (SSSR count). The summed E-state index contributed by atoms with van der Waals surface area (Å²) in [5.74, 6) is -0.620. The maximum atomic E-state index is 14.4. The first kappa shape index (κ1) is 27.9. The molecule has 0 unspecified atom stereocenters. The highest BCUT2D eigenvalue weighted by Gasteiger charge is 2.29. The van der Waals surface area contributed by atoms with Gasteiger partial charge in [-0.25, -0.2) is 4.39 Å². The van der Waals surface area contributed by atoms with Gasteiger partial charge in [0.2, 0.25) is 0 Å². The number of nitrogens with one attached hydrogen (secondary N) is 1. The first-order chi connectivity index (χ1) is 20.5. The third-order valence-electron chi connectivity index (χ3n) is 7.74. The second kappa shape index (κ2) is 12.8. The van der Waals surface area contributed by atoms with Crippen LogP contribution in [0.5, 0.6) is 0 Å². The van der Waals surface area contributed by atoms with Crippen molar-refractivity contribution in [3.63, 3.8) is 0 Å². The van der Waals surface area contributed by atoms with Crippen molar-refractivity contribution in [3.05, 3.63) is 136 Å². The number of thioether (sulfide) groups is 1. The third kappa shape index (κ3) is 6.32. The number of nitrogens with zero attached hydrogens (tertiary/aromatic N) is 2. The molecule has 0 spiro atoms. The van der Waals surface area contributed by atoms with Gasteiger partial charge in [0.05, 0.1) is 17.1 Å². The molecule has 2 heterocycles. The number of amides is 2. The van der Waals surface area contributed by atoms with E-state index in [4.69, 9.17) is 0 Å². The lowest BCUT2D eigenvalue weighted by Crippen LogP contribution is -2.34. The highest BCUT2D eigenvalue weighted by molar-refractivity contribution is 8.04. The molecule has 0 bridgehead atoms.